The fraction of sp³-hybridized carbons (Fsp3) is 0.176. The average molecular weight is 387 g/mol. The molecule has 1 atom stereocenters. The van der Waals surface area contributed by atoms with Gasteiger partial charge >= 0.3 is 5.97 Å². The quantitative estimate of drug-likeness (QED) is 0.754. The molecule has 0 spiro atoms. The largest absolute Gasteiger partial charge is 0.452 e. The van der Waals surface area contributed by atoms with Crippen molar-refractivity contribution in [2.75, 3.05) is 5.32 Å². The monoisotopic (exact) mass is 385 g/mol. The summed E-state index contributed by atoms with van der Waals surface area (Å²) in [4.78, 5) is 24.1. The number of halogens is 3. The lowest BCUT2D eigenvalue weighted by Crippen LogP contribution is -2.30. The topological polar surface area (TPSA) is 55.4 Å². The molecule has 0 aliphatic heterocycles. The Balaban J connectivity index is 1.96. The maximum absolute atomic E-state index is 12.1. The summed E-state index contributed by atoms with van der Waals surface area (Å²) in [5.74, 6) is -1.09. The normalized spacial score (nSPS) is 11.7. The molecular weight excluding hydrogens is 373 g/mol. The number of rotatable bonds is 5. The van der Waals surface area contributed by atoms with E-state index in [9.17, 15) is 9.59 Å². The van der Waals surface area contributed by atoms with E-state index in [1.165, 1.54) is 6.92 Å². The minimum atomic E-state index is -0.991. The van der Waals surface area contributed by atoms with Gasteiger partial charge < -0.3 is 10.1 Å². The van der Waals surface area contributed by atoms with Crippen molar-refractivity contribution in [1.82, 2.24) is 0 Å². The number of hydrogen-bond acceptors (Lipinski definition) is 3. The van der Waals surface area contributed by atoms with Crippen LogP contribution in [-0.4, -0.2) is 18.0 Å². The van der Waals surface area contributed by atoms with E-state index in [1.54, 1.807) is 42.5 Å². The lowest BCUT2D eigenvalue weighted by Gasteiger charge is -2.15. The maximum Gasteiger partial charge on any atom is 0.311 e. The highest BCUT2D eigenvalue weighted by Gasteiger charge is 2.20. The molecule has 1 unspecified atom stereocenters. The van der Waals surface area contributed by atoms with Crippen molar-refractivity contribution in [2.45, 2.75) is 19.4 Å². The van der Waals surface area contributed by atoms with E-state index < -0.39 is 18.0 Å². The van der Waals surface area contributed by atoms with Crippen LogP contribution in [-0.2, 0) is 20.7 Å². The van der Waals surface area contributed by atoms with E-state index in [2.05, 4.69) is 5.32 Å². The second kappa shape index (κ2) is 8.38. The van der Waals surface area contributed by atoms with E-state index in [-0.39, 0.29) is 6.42 Å². The first-order valence-electron chi connectivity index (χ1n) is 7.06. The first-order valence-corrected chi connectivity index (χ1v) is 8.19. The zero-order chi connectivity index (χ0) is 17.7. The molecular formula is C17H14Cl3NO3. The molecule has 4 nitrogen and oxygen atoms in total. The highest BCUT2D eigenvalue weighted by atomic mass is 35.5. The van der Waals surface area contributed by atoms with Gasteiger partial charge in [0.15, 0.2) is 6.10 Å². The van der Waals surface area contributed by atoms with E-state index >= 15 is 0 Å². The van der Waals surface area contributed by atoms with Gasteiger partial charge in [-0.3, -0.25) is 9.59 Å². The molecule has 0 saturated heterocycles. The maximum atomic E-state index is 12.1. The molecule has 1 N–H and O–H groups in total. The summed E-state index contributed by atoms with van der Waals surface area (Å²) in [6, 6.07) is 11.7. The number of carbonyl (C=O) groups is 2. The highest BCUT2D eigenvalue weighted by Crippen LogP contribution is 2.25. The van der Waals surface area contributed by atoms with Crippen molar-refractivity contribution in [3.8, 4) is 0 Å². The number of benzene rings is 2. The number of amides is 1. The van der Waals surface area contributed by atoms with E-state index in [0.717, 1.165) is 0 Å². The Hall–Kier alpha value is -1.75. The van der Waals surface area contributed by atoms with E-state index in [0.29, 0.717) is 26.3 Å². The Labute approximate surface area is 154 Å². The van der Waals surface area contributed by atoms with Gasteiger partial charge in [0.25, 0.3) is 5.91 Å². The number of hydrogen-bond donors (Lipinski definition) is 1. The van der Waals surface area contributed by atoms with Crippen LogP contribution < -0.4 is 5.32 Å². The number of anilines is 1. The number of para-hydroxylation sites is 1. The Bertz CT molecular complexity index is 744. The zero-order valence-corrected chi connectivity index (χ0v) is 15.0. The van der Waals surface area contributed by atoms with Crippen LogP contribution in [0.15, 0.2) is 42.5 Å². The predicted molar refractivity (Wildman–Crippen MR) is 95.8 cm³/mol. The zero-order valence-electron chi connectivity index (χ0n) is 12.7. The molecule has 0 aliphatic rings. The van der Waals surface area contributed by atoms with Crippen molar-refractivity contribution < 1.29 is 14.3 Å². The van der Waals surface area contributed by atoms with E-state index in [1.807, 2.05) is 0 Å². The van der Waals surface area contributed by atoms with Crippen molar-refractivity contribution in [1.29, 1.82) is 0 Å². The molecule has 2 aromatic rings. The molecule has 2 aromatic carbocycles. The average Bonchev–Trinajstić information content (AvgIpc) is 2.53. The Morgan fingerprint density at radius 1 is 1.00 bits per heavy atom. The molecule has 7 heteroatoms. The first-order chi connectivity index (χ1) is 11.4. The SMILES string of the molecule is CC(OC(=O)Cc1c(Cl)cccc1Cl)C(=O)Nc1ccccc1Cl. The molecule has 0 heterocycles. The number of ether oxygens (including phenoxy) is 1. The van der Waals surface area contributed by atoms with Crippen LogP contribution in [0.1, 0.15) is 12.5 Å². The second-order valence-electron chi connectivity index (χ2n) is 4.98. The molecule has 0 radical (unpaired) electrons. The third kappa shape index (κ3) is 4.87. The van der Waals surface area contributed by atoms with Crippen molar-refractivity contribution in [3.63, 3.8) is 0 Å². The van der Waals surface area contributed by atoms with Crippen molar-refractivity contribution >= 4 is 52.4 Å². The van der Waals surface area contributed by atoms with Gasteiger partial charge in [-0.05, 0) is 31.2 Å². The molecule has 0 fully saturated rings. The summed E-state index contributed by atoms with van der Waals surface area (Å²) in [6.07, 6.45) is -1.11. The third-order valence-electron chi connectivity index (χ3n) is 3.19. The van der Waals surface area contributed by atoms with Gasteiger partial charge in [0.1, 0.15) is 0 Å². The second-order valence-corrected chi connectivity index (χ2v) is 6.20. The third-order valence-corrected chi connectivity index (χ3v) is 4.23. The van der Waals surface area contributed by atoms with Crippen LogP contribution in [0.5, 0.6) is 0 Å². The Morgan fingerprint density at radius 3 is 2.21 bits per heavy atom. The molecule has 2 rings (SSSR count). The summed E-state index contributed by atoms with van der Waals surface area (Å²) < 4.78 is 5.13. The summed E-state index contributed by atoms with van der Waals surface area (Å²) in [7, 11) is 0. The number of nitrogens with one attached hydrogen (secondary N) is 1. The lowest BCUT2D eigenvalue weighted by atomic mass is 10.1. The molecule has 0 bridgehead atoms. The van der Waals surface area contributed by atoms with Gasteiger partial charge in [-0.1, -0.05) is 53.0 Å². The summed E-state index contributed by atoms with van der Waals surface area (Å²) in [6.45, 7) is 1.47. The minimum absolute atomic E-state index is 0.123. The minimum Gasteiger partial charge on any atom is -0.452 e. The highest BCUT2D eigenvalue weighted by molar-refractivity contribution is 6.36. The van der Waals surface area contributed by atoms with Gasteiger partial charge in [-0.2, -0.15) is 0 Å². The summed E-state index contributed by atoms with van der Waals surface area (Å²) in [5, 5.41) is 3.73. The van der Waals surface area contributed by atoms with Crippen LogP contribution in [0, 0.1) is 0 Å². The van der Waals surface area contributed by atoms with Crippen molar-refractivity contribution in [3.05, 3.63) is 63.1 Å². The molecule has 0 saturated carbocycles. The smallest absolute Gasteiger partial charge is 0.311 e. The van der Waals surface area contributed by atoms with Gasteiger partial charge in [0.05, 0.1) is 17.1 Å². The van der Waals surface area contributed by atoms with Crippen LogP contribution in [0.2, 0.25) is 15.1 Å². The van der Waals surface area contributed by atoms with Gasteiger partial charge in [-0.25, -0.2) is 0 Å². The van der Waals surface area contributed by atoms with Gasteiger partial charge in [-0.15, -0.1) is 0 Å². The molecule has 1 amide bonds. The summed E-state index contributed by atoms with van der Waals surface area (Å²) in [5.41, 5.74) is 0.908. The van der Waals surface area contributed by atoms with Gasteiger partial charge in [0.2, 0.25) is 0 Å². The van der Waals surface area contributed by atoms with Crippen LogP contribution >= 0.6 is 34.8 Å². The van der Waals surface area contributed by atoms with Crippen LogP contribution in [0.4, 0.5) is 5.69 Å². The number of carbonyl (C=O) groups excluding carboxylic acids is 2. The Morgan fingerprint density at radius 2 is 1.58 bits per heavy atom. The predicted octanol–water partition coefficient (Wildman–Crippen LogP) is 4.76. The standard InChI is InChI=1S/C17H14Cl3NO3/c1-10(17(23)21-15-8-3-2-5-14(15)20)24-16(22)9-11-12(18)6-4-7-13(11)19/h2-8,10H,9H2,1H3,(H,21,23). The van der Waals surface area contributed by atoms with Crippen LogP contribution in [0.3, 0.4) is 0 Å². The first kappa shape index (κ1) is 18.6. The molecule has 0 aliphatic carbocycles. The molecule has 126 valence electrons. The van der Waals surface area contributed by atoms with E-state index in [4.69, 9.17) is 39.5 Å². The fourth-order valence-corrected chi connectivity index (χ4v) is 2.65. The number of esters is 1. The van der Waals surface area contributed by atoms with Crippen molar-refractivity contribution in [2.24, 2.45) is 0 Å². The molecule has 0 aromatic heterocycles. The van der Waals surface area contributed by atoms with Gasteiger partial charge in [0, 0.05) is 15.6 Å². The Kier molecular flexibility index (Phi) is 6.49. The molecule has 24 heavy (non-hydrogen) atoms. The fourth-order valence-electron chi connectivity index (χ4n) is 1.93. The van der Waals surface area contributed by atoms with Crippen LogP contribution in [0.25, 0.3) is 0 Å². The summed E-state index contributed by atoms with van der Waals surface area (Å²) >= 11 is 18.0. The lowest BCUT2D eigenvalue weighted by molar-refractivity contribution is -0.152.